The molecule has 0 saturated heterocycles. The van der Waals surface area contributed by atoms with Crippen LogP contribution in [0.4, 0.5) is 5.69 Å². The lowest BCUT2D eigenvalue weighted by molar-refractivity contribution is -0.140. The fourth-order valence-corrected chi connectivity index (χ4v) is 6.66. The van der Waals surface area contributed by atoms with Crippen molar-refractivity contribution in [2.75, 3.05) is 31.3 Å². The summed E-state index contributed by atoms with van der Waals surface area (Å²) < 4.78 is 37.8. The fraction of sp³-hybridized carbons (Fsp3) is 0.375. The standard InChI is InChI=1S/C32H37Cl2N3O6S/c1-42-29-16-15-26(19-30(29)43-2)37(44(3,40)41)21-31(38)36(20-23-13-14-24(33)18-27(23)34)28(17-22-9-5-4-6-10-22)32(39)35-25-11-7-8-12-25/h4-6,9-10,13-16,18-19,25,28H,7-8,11-12,17,20-21H2,1-3H3,(H,35,39)/t28-/m0/s1. The molecule has 1 N–H and O–H groups in total. The van der Waals surface area contributed by atoms with E-state index >= 15 is 0 Å². The Bertz CT molecular complexity index is 1570. The van der Waals surface area contributed by atoms with Crippen molar-refractivity contribution in [2.24, 2.45) is 0 Å². The molecular formula is C32H37Cl2N3O6S. The molecule has 4 rings (SSSR count). The van der Waals surface area contributed by atoms with Crippen LogP contribution in [-0.2, 0) is 32.6 Å². The van der Waals surface area contributed by atoms with Crippen molar-refractivity contribution in [3.05, 3.63) is 87.9 Å². The lowest BCUT2D eigenvalue weighted by Crippen LogP contribution is -2.54. The number of sulfonamides is 1. The molecule has 0 unspecified atom stereocenters. The van der Waals surface area contributed by atoms with Gasteiger partial charge in [-0.05, 0) is 48.2 Å². The number of hydrogen-bond donors (Lipinski definition) is 1. The first kappa shape index (κ1) is 33.4. The van der Waals surface area contributed by atoms with Crippen LogP contribution in [0.1, 0.15) is 36.8 Å². The highest BCUT2D eigenvalue weighted by atomic mass is 35.5. The van der Waals surface area contributed by atoms with Crippen molar-refractivity contribution in [2.45, 2.75) is 50.7 Å². The number of carbonyl (C=O) groups is 2. The monoisotopic (exact) mass is 661 g/mol. The normalized spacial score (nSPS) is 14.1. The minimum atomic E-state index is -3.96. The summed E-state index contributed by atoms with van der Waals surface area (Å²) >= 11 is 12.7. The zero-order valence-electron chi connectivity index (χ0n) is 25.0. The predicted octanol–water partition coefficient (Wildman–Crippen LogP) is 5.48. The Balaban J connectivity index is 1.76. The number of halogens is 2. The smallest absolute Gasteiger partial charge is 0.244 e. The van der Waals surface area contributed by atoms with E-state index in [1.165, 1.54) is 31.3 Å². The van der Waals surface area contributed by atoms with Gasteiger partial charge in [0.1, 0.15) is 12.6 Å². The zero-order valence-corrected chi connectivity index (χ0v) is 27.3. The summed E-state index contributed by atoms with van der Waals surface area (Å²) in [6, 6.07) is 17.9. The Morgan fingerprint density at radius 3 is 2.25 bits per heavy atom. The van der Waals surface area contributed by atoms with E-state index in [1.807, 2.05) is 30.3 Å². The predicted molar refractivity (Wildman–Crippen MR) is 173 cm³/mol. The van der Waals surface area contributed by atoms with Gasteiger partial charge in [-0.3, -0.25) is 13.9 Å². The van der Waals surface area contributed by atoms with Crippen LogP contribution in [0.3, 0.4) is 0 Å². The number of carbonyl (C=O) groups excluding carboxylic acids is 2. The molecule has 2 amide bonds. The van der Waals surface area contributed by atoms with E-state index in [9.17, 15) is 18.0 Å². The number of hydrogen-bond acceptors (Lipinski definition) is 6. The number of ether oxygens (including phenoxy) is 2. The summed E-state index contributed by atoms with van der Waals surface area (Å²) in [5.41, 5.74) is 1.62. The SMILES string of the molecule is COc1ccc(N(CC(=O)N(Cc2ccc(Cl)cc2Cl)[C@@H](Cc2ccccc2)C(=O)NC2CCCC2)S(C)(=O)=O)cc1OC. The number of nitrogens with zero attached hydrogens (tertiary/aromatic N) is 2. The Morgan fingerprint density at radius 2 is 1.64 bits per heavy atom. The van der Waals surface area contributed by atoms with Crippen LogP contribution in [0.2, 0.25) is 10.0 Å². The molecule has 1 aliphatic rings. The van der Waals surface area contributed by atoms with Crippen molar-refractivity contribution in [3.8, 4) is 11.5 Å². The van der Waals surface area contributed by atoms with Gasteiger partial charge in [0.25, 0.3) is 0 Å². The molecule has 236 valence electrons. The van der Waals surface area contributed by atoms with Crippen LogP contribution >= 0.6 is 23.2 Å². The molecule has 0 spiro atoms. The first-order chi connectivity index (χ1) is 21.0. The second-order valence-electron chi connectivity index (χ2n) is 10.8. The van der Waals surface area contributed by atoms with Gasteiger partial charge >= 0.3 is 0 Å². The van der Waals surface area contributed by atoms with E-state index in [0.29, 0.717) is 27.1 Å². The second kappa shape index (κ2) is 15.0. The Morgan fingerprint density at radius 1 is 0.955 bits per heavy atom. The Labute approximate surface area is 269 Å². The zero-order chi connectivity index (χ0) is 31.9. The molecule has 3 aromatic rings. The van der Waals surface area contributed by atoms with Gasteiger partial charge in [0.05, 0.1) is 26.2 Å². The molecule has 12 heteroatoms. The van der Waals surface area contributed by atoms with Gasteiger partial charge < -0.3 is 19.7 Å². The highest BCUT2D eigenvalue weighted by Gasteiger charge is 2.34. The maximum atomic E-state index is 14.3. The third kappa shape index (κ3) is 8.58. The highest BCUT2D eigenvalue weighted by Crippen LogP contribution is 2.33. The first-order valence-electron chi connectivity index (χ1n) is 14.3. The van der Waals surface area contributed by atoms with E-state index in [1.54, 1.807) is 24.3 Å². The molecule has 1 aliphatic carbocycles. The average molecular weight is 663 g/mol. The summed E-state index contributed by atoms with van der Waals surface area (Å²) in [6.45, 7) is -0.616. The summed E-state index contributed by atoms with van der Waals surface area (Å²) in [4.78, 5) is 29.7. The second-order valence-corrected chi connectivity index (χ2v) is 13.5. The number of anilines is 1. The first-order valence-corrected chi connectivity index (χ1v) is 16.9. The lowest BCUT2D eigenvalue weighted by Gasteiger charge is -2.34. The minimum absolute atomic E-state index is 0.0103. The van der Waals surface area contributed by atoms with Crippen LogP contribution in [0, 0.1) is 0 Å². The molecule has 0 bridgehead atoms. The molecule has 0 aliphatic heterocycles. The van der Waals surface area contributed by atoms with E-state index in [2.05, 4.69) is 5.32 Å². The number of rotatable bonds is 13. The van der Waals surface area contributed by atoms with Gasteiger partial charge in [0.15, 0.2) is 11.5 Å². The van der Waals surface area contributed by atoms with E-state index in [0.717, 1.165) is 41.8 Å². The van der Waals surface area contributed by atoms with E-state index in [-0.39, 0.29) is 30.6 Å². The van der Waals surface area contributed by atoms with Gasteiger partial charge in [0, 0.05) is 35.1 Å². The third-order valence-electron chi connectivity index (χ3n) is 7.66. The topological polar surface area (TPSA) is 105 Å². The van der Waals surface area contributed by atoms with Gasteiger partial charge in [-0.2, -0.15) is 0 Å². The number of methoxy groups -OCH3 is 2. The van der Waals surface area contributed by atoms with E-state index < -0.39 is 28.5 Å². The Hall–Kier alpha value is -3.47. The Kier molecular flexibility index (Phi) is 11.4. The maximum absolute atomic E-state index is 14.3. The van der Waals surface area contributed by atoms with Crippen molar-refractivity contribution in [3.63, 3.8) is 0 Å². The van der Waals surface area contributed by atoms with Gasteiger partial charge in [0.2, 0.25) is 21.8 Å². The minimum Gasteiger partial charge on any atom is -0.493 e. The van der Waals surface area contributed by atoms with Crippen LogP contribution in [0.5, 0.6) is 11.5 Å². The molecule has 9 nitrogen and oxygen atoms in total. The molecule has 1 saturated carbocycles. The summed E-state index contributed by atoms with van der Waals surface area (Å²) in [7, 11) is -1.05. The highest BCUT2D eigenvalue weighted by molar-refractivity contribution is 7.92. The number of benzene rings is 3. The van der Waals surface area contributed by atoms with E-state index in [4.69, 9.17) is 32.7 Å². The third-order valence-corrected chi connectivity index (χ3v) is 9.39. The van der Waals surface area contributed by atoms with Gasteiger partial charge in [-0.15, -0.1) is 0 Å². The van der Waals surface area contributed by atoms with Crippen molar-refractivity contribution >= 4 is 50.7 Å². The molecular weight excluding hydrogens is 625 g/mol. The summed E-state index contributed by atoms with van der Waals surface area (Å²) in [5, 5.41) is 3.89. The quantitative estimate of drug-likeness (QED) is 0.260. The largest absolute Gasteiger partial charge is 0.493 e. The molecule has 44 heavy (non-hydrogen) atoms. The molecule has 0 radical (unpaired) electrons. The van der Waals surface area contributed by atoms with Crippen molar-refractivity contribution in [1.29, 1.82) is 0 Å². The summed E-state index contributed by atoms with van der Waals surface area (Å²) in [6.07, 6.45) is 5.00. The van der Waals surface area contributed by atoms with Crippen LogP contribution in [0.15, 0.2) is 66.7 Å². The lowest BCUT2D eigenvalue weighted by atomic mass is 10.0. The molecule has 1 atom stereocenters. The fourth-order valence-electron chi connectivity index (χ4n) is 5.35. The number of amides is 2. The molecule has 0 aromatic heterocycles. The van der Waals surface area contributed by atoms with Crippen LogP contribution in [-0.4, -0.2) is 64.2 Å². The van der Waals surface area contributed by atoms with Crippen molar-refractivity contribution in [1.82, 2.24) is 10.2 Å². The van der Waals surface area contributed by atoms with Crippen LogP contribution in [0.25, 0.3) is 0 Å². The molecule has 3 aromatic carbocycles. The van der Waals surface area contributed by atoms with Crippen molar-refractivity contribution < 1.29 is 27.5 Å². The molecule has 0 heterocycles. The summed E-state index contributed by atoms with van der Waals surface area (Å²) in [5.74, 6) is -0.190. The molecule has 1 fully saturated rings. The van der Waals surface area contributed by atoms with Gasteiger partial charge in [-0.25, -0.2) is 8.42 Å². The van der Waals surface area contributed by atoms with Crippen LogP contribution < -0.4 is 19.1 Å². The maximum Gasteiger partial charge on any atom is 0.244 e. The number of nitrogens with one attached hydrogen (secondary N) is 1. The average Bonchev–Trinajstić information content (AvgIpc) is 3.51. The van der Waals surface area contributed by atoms with Gasteiger partial charge in [-0.1, -0.05) is 72.4 Å².